The summed E-state index contributed by atoms with van der Waals surface area (Å²) in [6.07, 6.45) is 44.3. The van der Waals surface area contributed by atoms with Gasteiger partial charge >= 0.3 is 39.5 Å². The number of hydrogen-bond acceptors (Lipinski definition) is 15. The molecule has 504 valence electrons. The molecule has 0 fully saturated rings. The van der Waals surface area contributed by atoms with Crippen molar-refractivity contribution in [3.8, 4) is 0 Å². The summed E-state index contributed by atoms with van der Waals surface area (Å²) in [7, 11) is -9.89. The van der Waals surface area contributed by atoms with Gasteiger partial charge in [0.25, 0.3) is 0 Å². The van der Waals surface area contributed by atoms with Crippen molar-refractivity contribution in [1.82, 2.24) is 0 Å². The average Bonchev–Trinajstić information content (AvgIpc) is 3.62. The zero-order chi connectivity index (χ0) is 62.8. The number of phosphoric ester groups is 2. The summed E-state index contributed by atoms with van der Waals surface area (Å²) < 4.78 is 68.0. The van der Waals surface area contributed by atoms with Crippen LogP contribution in [0.25, 0.3) is 0 Å². The molecule has 0 aromatic heterocycles. The normalized spacial score (nSPS) is 14.5. The maximum atomic E-state index is 13.0. The van der Waals surface area contributed by atoms with E-state index in [0.717, 1.165) is 95.8 Å². The van der Waals surface area contributed by atoms with Crippen LogP contribution in [0, 0.1) is 5.92 Å². The van der Waals surface area contributed by atoms with Crippen molar-refractivity contribution in [3.05, 3.63) is 0 Å². The molecule has 0 heterocycles. The van der Waals surface area contributed by atoms with Gasteiger partial charge in [-0.2, -0.15) is 0 Å². The van der Waals surface area contributed by atoms with Crippen LogP contribution in [0.4, 0.5) is 0 Å². The summed E-state index contributed by atoms with van der Waals surface area (Å²) in [5.41, 5.74) is 0. The zero-order valence-corrected chi connectivity index (χ0v) is 56.5. The maximum Gasteiger partial charge on any atom is 0.472 e. The third kappa shape index (κ3) is 59.5. The van der Waals surface area contributed by atoms with Crippen LogP contribution in [-0.2, 0) is 65.4 Å². The molecule has 0 saturated carbocycles. The summed E-state index contributed by atoms with van der Waals surface area (Å²) in [5, 5.41) is 10.5. The van der Waals surface area contributed by atoms with E-state index in [4.69, 9.17) is 37.0 Å². The van der Waals surface area contributed by atoms with Gasteiger partial charge in [0.05, 0.1) is 26.4 Å². The van der Waals surface area contributed by atoms with E-state index in [1.165, 1.54) is 161 Å². The highest BCUT2D eigenvalue weighted by atomic mass is 31.2. The van der Waals surface area contributed by atoms with Crippen LogP contribution in [0.3, 0.4) is 0 Å². The minimum absolute atomic E-state index is 0.106. The van der Waals surface area contributed by atoms with Gasteiger partial charge in [0.2, 0.25) is 0 Å². The number of ether oxygens (including phenoxy) is 4. The SMILES string of the molecule is CCCCCCCCCCCCCCCCCC(=O)O[C@H](COC(=O)CCCCCCCCCCC(C)CC)COP(=O)(O)OC[C@@H](O)COP(=O)(O)OC[C@@H](COC(=O)CCCCCCCCCCC)OC(=O)CCCCCCCCCCC. The predicted molar refractivity (Wildman–Crippen MR) is 340 cm³/mol. The van der Waals surface area contributed by atoms with Crippen molar-refractivity contribution < 1.29 is 80.2 Å². The number of esters is 4. The van der Waals surface area contributed by atoms with Gasteiger partial charge in [-0.15, -0.1) is 0 Å². The second-order valence-corrected chi connectivity index (χ2v) is 27.0. The molecule has 17 nitrogen and oxygen atoms in total. The summed E-state index contributed by atoms with van der Waals surface area (Å²) in [6.45, 7) is 7.19. The van der Waals surface area contributed by atoms with Crippen molar-refractivity contribution in [2.75, 3.05) is 39.6 Å². The molecule has 0 aromatic rings. The van der Waals surface area contributed by atoms with Gasteiger partial charge in [0.1, 0.15) is 19.3 Å². The number of unbranched alkanes of at least 4 members (excludes halogenated alkanes) is 37. The number of aliphatic hydroxyl groups is 1. The van der Waals surface area contributed by atoms with E-state index in [1.807, 2.05) is 0 Å². The Bertz CT molecular complexity index is 1650. The molecule has 3 N–H and O–H groups in total. The molecule has 0 aliphatic carbocycles. The topological polar surface area (TPSA) is 237 Å². The van der Waals surface area contributed by atoms with Gasteiger partial charge < -0.3 is 33.8 Å². The summed E-state index contributed by atoms with van der Waals surface area (Å²) in [6, 6.07) is 0. The zero-order valence-electron chi connectivity index (χ0n) is 54.7. The number of rotatable bonds is 66. The van der Waals surface area contributed by atoms with Crippen LogP contribution < -0.4 is 0 Å². The lowest BCUT2D eigenvalue weighted by atomic mass is 9.99. The van der Waals surface area contributed by atoms with Crippen molar-refractivity contribution in [1.29, 1.82) is 0 Å². The smallest absolute Gasteiger partial charge is 0.462 e. The fourth-order valence-electron chi connectivity index (χ4n) is 9.90. The lowest BCUT2D eigenvalue weighted by Crippen LogP contribution is -2.30. The summed E-state index contributed by atoms with van der Waals surface area (Å²) in [5.74, 6) is -1.35. The lowest BCUT2D eigenvalue weighted by Gasteiger charge is -2.21. The Kier molecular flexibility index (Phi) is 58.3. The van der Waals surface area contributed by atoms with Crippen LogP contribution >= 0.6 is 15.6 Å². The third-order valence-corrected chi connectivity index (χ3v) is 17.5. The largest absolute Gasteiger partial charge is 0.472 e. The molecule has 0 rings (SSSR count). The fourth-order valence-corrected chi connectivity index (χ4v) is 11.5. The highest BCUT2D eigenvalue weighted by molar-refractivity contribution is 7.47. The number of aliphatic hydroxyl groups excluding tert-OH is 1. The van der Waals surface area contributed by atoms with Crippen LogP contribution in [0.15, 0.2) is 0 Å². The Morgan fingerprint density at radius 3 is 0.835 bits per heavy atom. The molecule has 0 aromatic carbocycles. The van der Waals surface area contributed by atoms with Crippen LogP contribution in [-0.4, -0.2) is 96.7 Å². The van der Waals surface area contributed by atoms with E-state index >= 15 is 0 Å². The van der Waals surface area contributed by atoms with Crippen LogP contribution in [0.5, 0.6) is 0 Å². The van der Waals surface area contributed by atoms with Crippen molar-refractivity contribution in [2.24, 2.45) is 5.92 Å². The molecule has 0 amide bonds. The van der Waals surface area contributed by atoms with Crippen LogP contribution in [0.2, 0.25) is 0 Å². The first kappa shape index (κ1) is 83.1. The van der Waals surface area contributed by atoms with Gasteiger partial charge in [-0.25, -0.2) is 9.13 Å². The van der Waals surface area contributed by atoms with Crippen molar-refractivity contribution in [2.45, 2.75) is 355 Å². The van der Waals surface area contributed by atoms with Gasteiger partial charge in [-0.3, -0.25) is 37.3 Å². The standard InChI is InChI=1S/C66H128O17P2/c1-6-10-13-16-19-22-23-24-25-26-27-30-37-42-47-52-66(71)83-62(56-77-64(69)50-45-40-35-32-31-33-38-43-48-59(5)9-4)58-81-85(74,75)79-54-60(67)53-78-84(72,73)80-57-61(82-65(70)51-46-41-36-29-21-18-15-12-8-3)55-76-63(68)49-44-39-34-28-20-17-14-11-7-2/h59-62,67H,6-58H2,1-5H3,(H,72,73)(H,74,75)/t59?,60-,61+,62+/m0/s1. The monoisotopic (exact) mass is 1250 g/mol. The van der Waals surface area contributed by atoms with Gasteiger partial charge in [-0.05, 0) is 31.6 Å². The molecule has 19 heteroatoms. The van der Waals surface area contributed by atoms with E-state index in [2.05, 4.69) is 34.6 Å². The number of carbonyl (C=O) groups excluding carboxylic acids is 4. The highest BCUT2D eigenvalue weighted by Gasteiger charge is 2.30. The van der Waals surface area contributed by atoms with Crippen molar-refractivity contribution in [3.63, 3.8) is 0 Å². The maximum absolute atomic E-state index is 13.0. The Balaban J connectivity index is 5.22. The molecule has 0 aliphatic rings. The molecule has 0 spiro atoms. The van der Waals surface area contributed by atoms with Gasteiger partial charge in [0.15, 0.2) is 12.2 Å². The third-order valence-electron chi connectivity index (χ3n) is 15.6. The number of phosphoric acid groups is 2. The van der Waals surface area contributed by atoms with E-state index in [1.54, 1.807) is 0 Å². The highest BCUT2D eigenvalue weighted by Crippen LogP contribution is 2.45. The number of hydrogen-bond donors (Lipinski definition) is 3. The molecule has 0 radical (unpaired) electrons. The van der Waals surface area contributed by atoms with Gasteiger partial charge in [0, 0.05) is 25.7 Å². The summed E-state index contributed by atoms with van der Waals surface area (Å²) >= 11 is 0. The molecule has 0 aliphatic heterocycles. The second-order valence-electron chi connectivity index (χ2n) is 24.1. The molecule has 0 bridgehead atoms. The summed E-state index contributed by atoms with van der Waals surface area (Å²) in [4.78, 5) is 72.2. The fraction of sp³-hybridized carbons (Fsp3) is 0.939. The quantitative estimate of drug-likeness (QED) is 0.0222. The lowest BCUT2D eigenvalue weighted by molar-refractivity contribution is -0.161. The Hall–Kier alpha value is -1.94. The van der Waals surface area contributed by atoms with Crippen LogP contribution in [0.1, 0.15) is 336 Å². The first-order valence-corrected chi connectivity index (χ1v) is 37.7. The van der Waals surface area contributed by atoms with E-state index < -0.39 is 97.5 Å². The Labute approximate surface area is 517 Å². The van der Waals surface area contributed by atoms with Gasteiger partial charge in [-0.1, -0.05) is 285 Å². The Morgan fingerprint density at radius 2 is 0.565 bits per heavy atom. The second kappa shape index (κ2) is 59.7. The predicted octanol–water partition coefficient (Wildman–Crippen LogP) is 18.6. The first-order chi connectivity index (χ1) is 41.1. The molecular formula is C66H128O17P2. The average molecular weight is 1260 g/mol. The number of carbonyl (C=O) groups is 4. The van der Waals surface area contributed by atoms with E-state index in [-0.39, 0.29) is 25.7 Å². The minimum Gasteiger partial charge on any atom is -0.462 e. The van der Waals surface area contributed by atoms with E-state index in [0.29, 0.717) is 25.7 Å². The molecular weight excluding hydrogens is 1130 g/mol. The molecule has 85 heavy (non-hydrogen) atoms. The minimum atomic E-state index is -4.95. The van der Waals surface area contributed by atoms with E-state index in [9.17, 15) is 43.2 Å². The Morgan fingerprint density at radius 1 is 0.329 bits per heavy atom. The first-order valence-electron chi connectivity index (χ1n) is 34.7. The van der Waals surface area contributed by atoms with Crippen molar-refractivity contribution >= 4 is 39.5 Å². The molecule has 3 unspecified atom stereocenters. The molecule has 6 atom stereocenters. The molecule has 0 saturated heterocycles.